The summed E-state index contributed by atoms with van der Waals surface area (Å²) in [4.78, 5) is 148. The molecule has 8 aliphatic rings. The summed E-state index contributed by atoms with van der Waals surface area (Å²) in [5.41, 5.74) is 13.6. The first-order valence-corrected chi connectivity index (χ1v) is 35.8. The minimum atomic E-state index is -4.96. The molecule has 9 N–H and O–H groups in total. The molecule has 8 amide bonds. The quantitative estimate of drug-likeness (QED) is 0.0128. The van der Waals surface area contributed by atoms with Gasteiger partial charge >= 0.3 is 26.0 Å². The lowest BCUT2D eigenvalue weighted by atomic mass is 8.92. The van der Waals surface area contributed by atoms with E-state index in [1.165, 1.54) is 23.8 Å². The molecule has 0 radical (unpaired) electrons. The number of likely N-dealkylation sites (N-methyl/N-ethyl adjacent to an activating group) is 2. The summed E-state index contributed by atoms with van der Waals surface area (Å²) in [5, 5.41) is 10.9. The number of nitrogens with two attached hydrogens (primary N) is 2. The molecule has 2 aliphatic heterocycles. The minimum absolute atomic E-state index is 0.000193. The smallest absolute Gasteiger partial charge is 0.445 e. The number of urea groups is 1. The first kappa shape index (κ1) is 69.1. The summed E-state index contributed by atoms with van der Waals surface area (Å²) in [5.74, 6) is -2.82. The number of Topliss-reactive ketones (excluding diaryl/α,β-unsaturated/α-hetero) is 2. The number of hydrogen-bond acceptors (Lipinski definition) is 14. The second-order valence-corrected chi connectivity index (χ2v) is 29.5. The van der Waals surface area contributed by atoms with Crippen LogP contribution in [-0.2, 0) is 44.7 Å². The number of ketones is 2. The van der Waals surface area contributed by atoms with Gasteiger partial charge in [-0.2, -0.15) is 0 Å². The highest BCUT2D eigenvalue weighted by molar-refractivity contribution is 7.46. The van der Waals surface area contributed by atoms with Crippen LogP contribution in [0.3, 0.4) is 0 Å². The molecule has 13 rings (SSSR count). The first-order chi connectivity index (χ1) is 46.3. The number of phosphoric ester groups is 1. The Morgan fingerprint density at radius 1 is 0.680 bits per heavy atom. The van der Waals surface area contributed by atoms with Gasteiger partial charge in [0.15, 0.2) is 5.78 Å². The number of anilines is 3. The van der Waals surface area contributed by atoms with E-state index >= 15 is 9.59 Å². The molecule has 97 heavy (non-hydrogen) atoms. The maximum atomic E-state index is 15.3. The molecule has 0 saturated heterocycles. The molecule has 0 bridgehead atoms. The third kappa shape index (κ3) is 11.8. The summed E-state index contributed by atoms with van der Waals surface area (Å²) < 4.78 is 29.2. The monoisotopic (exact) mass is 1390 g/mol. The predicted molar refractivity (Wildman–Crippen MR) is 363 cm³/mol. The Hall–Kier alpha value is -7.86. The van der Waals surface area contributed by atoms with Gasteiger partial charge < -0.3 is 65.8 Å². The van der Waals surface area contributed by atoms with Gasteiger partial charge in [-0.15, -0.1) is 23.2 Å². The van der Waals surface area contributed by atoms with Crippen molar-refractivity contribution in [2.24, 2.45) is 75.6 Å². The van der Waals surface area contributed by atoms with Crippen molar-refractivity contribution < 1.29 is 71.5 Å². The third-order valence-corrected chi connectivity index (χ3v) is 23.1. The van der Waals surface area contributed by atoms with E-state index in [1.54, 1.807) is 74.3 Å². The summed E-state index contributed by atoms with van der Waals surface area (Å²) in [6, 6.07) is 22.9. The van der Waals surface area contributed by atoms with Crippen LogP contribution in [0.15, 0.2) is 84.9 Å². The SMILES string of the molecule is CC(=O)C[C@@H](CCCCN)C(=O)N[C@H](C(=O)C[C@@H](CCCNC(N)=O)C(=O)Nc1ccc(COC(=O)N(C)CCN(C)C(=O)Oc2cc3c(c4ccccc24)[C@H](CCl)CN3C(=O)C23C4C5C2C2C3C4C52C(=O)N2C[C@@H](CCl)c3c2cc(OP(=O)(O)O)c2ccccc32)cc1)C(C)C. The van der Waals surface area contributed by atoms with Crippen LogP contribution in [0, 0.1) is 64.1 Å². The number of ether oxygens (including phenoxy) is 2. The standard InChI is InChI=1S/C70H82Cl2N9O15P/c1-36(2)61(77-63(85)39(27-37(3)82)13-10-11-23-73)50(83)28-40(14-12-24-75-66(74)88)62(84)76-43-21-19-38(20-22-43)35-94-67(89)78(4)25-26-79(5)68(90)95-51-29-48-53(46-17-8-6-15-44(46)51)41(31-71)33-80(48)64(86)69-55-58-56(69)60-57(69)59(55)70(58,60)65(87)81-34-42(32-72)54-47-18-9-7-16-45(47)52(30-49(54)81)96-97(91,92)93/h6-9,15-22,29-30,36,39-42,55-61H,10-14,23-28,31-35,73H2,1-5H3,(H,76,84)(H,77,85)(H3,74,75,88)(H2,91,92,93)/t39-,40-,41-,42-,55?,56?,57?,58?,59?,60?,61+,69?,70?/m1/s1. The van der Waals surface area contributed by atoms with Crippen LogP contribution in [0.25, 0.3) is 21.5 Å². The van der Waals surface area contributed by atoms with Crippen LogP contribution in [-0.4, -0.2) is 144 Å². The van der Waals surface area contributed by atoms with Crippen molar-refractivity contribution >= 4 is 123 Å². The van der Waals surface area contributed by atoms with E-state index in [4.69, 9.17) is 48.7 Å². The summed E-state index contributed by atoms with van der Waals surface area (Å²) in [6.07, 6.45) is 0.712. The topological polar surface area (TPSA) is 340 Å². The number of benzene rings is 5. The van der Waals surface area contributed by atoms with Crippen molar-refractivity contribution in [1.82, 2.24) is 20.4 Å². The number of unbranched alkanes of at least 4 members (excludes halogenated alkanes) is 1. The number of carbonyl (C=O) groups is 9. The van der Waals surface area contributed by atoms with E-state index in [0.29, 0.717) is 84.1 Å². The van der Waals surface area contributed by atoms with Crippen molar-refractivity contribution in [3.63, 3.8) is 0 Å². The molecular weight excluding hydrogens is 1310 g/mol. The Bertz CT molecular complexity index is 4020. The Labute approximate surface area is 571 Å². The molecule has 6 saturated carbocycles. The van der Waals surface area contributed by atoms with Crippen LogP contribution >= 0.6 is 31.0 Å². The van der Waals surface area contributed by atoms with Crippen LogP contribution < -0.4 is 46.5 Å². The maximum Gasteiger partial charge on any atom is 0.524 e. The predicted octanol–water partition coefficient (Wildman–Crippen LogP) is 8.77. The average molecular weight is 1390 g/mol. The molecule has 0 spiro atoms. The normalized spacial score (nSPS) is 24.7. The molecule has 2 heterocycles. The number of alkyl halides is 2. The second kappa shape index (κ2) is 27.1. The number of amides is 8. The van der Waals surface area contributed by atoms with Crippen LogP contribution in [0.5, 0.6) is 11.5 Å². The number of fused-ring (bicyclic) bond motifs is 6. The van der Waals surface area contributed by atoms with Crippen LogP contribution in [0.2, 0.25) is 0 Å². The van der Waals surface area contributed by atoms with Crippen molar-refractivity contribution in [1.29, 1.82) is 0 Å². The van der Waals surface area contributed by atoms with Gasteiger partial charge in [-0.1, -0.05) is 80.9 Å². The lowest BCUT2D eigenvalue weighted by molar-refractivity contribution is -0.623. The Morgan fingerprint density at radius 2 is 1.18 bits per heavy atom. The molecule has 0 aromatic heterocycles. The first-order valence-electron chi connectivity index (χ1n) is 33.2. The van der Waals surface area contributed by atoms with E-state index < -0.39 is 66.6 Å². The number of hydrogen-bond donors (Lipinski definition) is 7. The number of rotatable bonds is 30. The van der Waals surface area contributed by atoms with E-state index in [1.807, 2.05) is 41.3 Å². The van der Waals surface area contributed by atoms with E-state index in [0.717, 1.165) is 16.5 Å². The van der Waals surface area contributed by atoms with Gasteiger partial charge in [-0.25, -0.2) is 18.9 Å². The molecule has 0 unspecified atom stereocenters. The Balaban J connectivity index is 0.648. The van der Waals surface area contributed by atoms with E-state index in [2.05, 4.69) is 16.0 Å². The Morgan fingerprint density at radius 3 is 1.67 bits per heavy atom. The number of primary amides is 1. The van der Waals surface area contributed by atoms with Gasteiger partial charge in [-0.3, -0.25) is 33.8 Å². The number of phosphoric acid groups is 1. The highest BCUT2D eigenvalue weighted by atomic mass is 35.5. The highest BCUT2D eigenvalue weighted by Crippen LogP contribution is 3.10. The fourth-order valence-corrected chi connectivity index (χ4v) is 18.7. The lowest BCUT2D eigenvalue weighted by Gasteiger charge is -3.09. The summed E-state index contributed by atoms with van der Waals surface area (Å²) in [6.45, 7) is 6.23. The fraction of sp³-hybridized carbons (Fsp3) is 0.500. The zero-order chi connectivity index (χ0) is 69.3. The zero-order valence-electron chi connectivity index (χ0n) is 54.7. The summed E-state index contributed by atoms with van der Waals surface area (Å²) >= 11 is 13.3. The fourth-order valence-electron chi connectivity index (χ4n) is 17.8. The van der Waals surface area contributed by atoms with Crippen LogP contribution in [0.1, 0.15) is 94.2 Å². The molecular formula is C70H82Cl2N9O15P. The number of nitrogens with one attached hydrogen (secondary N) is 3. The van der Waals surface area contributed by atoms with Gasteiger partial charge in [-0.05, 0) is 120 Å². The van der Waals surface area contributed by atoms with Crippen molar-refractivity contribution in [3.05, 3.63) is 102 Å². The highest BCUT2D eigenvalue weighted by Gasteiger charge is 3.13. The molecule has 516 valence electrons. The molecule has 5 aromatic rings. The molecule has 6 fully saturated rings. The van der Waals surface area contributed by atoms with Gasteiger partial charge in [0.1, 0.15) is 23.9 Å². The Kier molecular flexibility index (Phi) is 19.3. The molecule has 27 heteroatoms. The van der Waals surface area contributed by atoms with Gasteiger partial charge in [0, 0.05) is 124 Å². The molecule has 6 aliphatic carbocycles. The van der Waals surface area contributed by atoms with Crippen molar-refractivity contribution in [2.45, 2.75) is 90.2 Å². The molecule has 24 nitrogen and oxygen atoms in total. The van der Waals surface area contributed by atoms with E-state index in [9.17, 15) is 47.9 Å². The van der Waals surface area contributed by atoms with Crippen molar-refractivity contribution in [3.8, 4) is 11.5 Å². The zero-order valence-corrected chi connectivity index (χ0v) is 57.1. The number of nitrogens with zero attached hydrogens (tertiary/aromatic N) is 4. The minimum Gasteiger partial charge on any atom is -0.445 e. The maximum absolute atomic E-state index is 15.3. The average Bonchev–Trinajstić information content (AvgIpc) is 0.710. The van der Waals surface area contributed by atoms with Gasteiger partial charge in [0.05, 0.1) is 28.2 Å². The lowest BCUT2D eigenvalue weighted by Crippen LogP contribution is -3.12. The van der Waals surface area contributed by atoms with Crippen LogP contribution in [0.4, 0.5) is 31.4 Å². The summed E-state index contributed by atoms with van der Waals surface area (Å²) in [7, 11) is -1.89. The number of carbonyl (C=O) groups excluding carboxylic acids is 9. The second-order valence-electron chi connectivity index (χ2n) is 27.7. The van der Waals surface area contributed by atoms with Gasteiger partial charge in [0.2, 0.25) is 23.6 Å². The van der Waals surface area contributed by atoms with E-state index in [-0.39, 0.29) is 145 Å². The third-order valence-electron chi connectivity index (χ3n) is 22.0. The largest absolute Gasteiger partial charge is 0.524 e. The van der Waals surface area contributed by atoms with Gasteiger partial charge in [0.25, 0.3) is 0 Å². The van der Waals surface area contributed by atoms with Crippen molar-refractivity contribution in [2.75, 3.05) is 80.2 Å². The molecule has 5 atom stereocenters. The molecule has 5 aromatic carbocycles. The number of halogens is 2.